The molecule has 4 aromatic carbocycles. The second kappa shape index (κ2) is 6.99. The van der Waals surface area contributed by atoms with Crippen LogP contribution >= 0.6 is 11.3 Å². The third kappa shape index (κ3) is 2.74. The Bertz CT molecular complexity index is 1820. The van der Waals surface area contributed by atoms with Gasteiger partial charge in [0.25, 0.3) is 0 Å². The Kier molecular flexibility index (Phi) is 3.93. The molecular weight excluding hydrogens is 422 g/mol. The van der Waals surface area contributed by atoms with Crippen LogP contribution in [0.5, 0.6) is 0 Å². The van der Waals surface area contributed by atoms with Gasteiger partial charge in [0, 0.05) is 37.3 Å². The van der Waals surface area contributed by atoms with Crippen molar-refractivity contribution in [3.8, 4) is 22.5 Å². The molecule has 0 N–H and O–H groups in total. The van der Waals surface area contributed by atoms with E-state index >= 15 is 0 Å². The van der Waals surface area contributed by atoms with Crippen LogP contribution in [0.2, 0.25) is 0 Å². The van der Waals surface area contributed by atoms with Crippen LogP contribution in [0.3, 0.4) is 0 Å². The average molecular weight is 442 g/mol. The monoisotopic (exact) mass is 441 g/mol. The molecule has 3 nitrogen and oxygen atoms in total. The highest BCUT2D eigenvalue weighted by atomic mass is 32.1. The number of nitrogens with zero attached hydrogens (tertiary/aromatic N) is 3. The number of hydrogen-bond acceptors (Lipinski definition) is 3. The topological polar surface area (TPSA) is 30.2 Å². The first-order valence-corrected chi connectivity index (χ1v) is 11.8. The molecule has 0 fully saturated rings. The molecule has 3 aromatic heterocycles. The van der Waals surface area contributed by atoms with Crippen LogP contribution in [0.4, 0.5) is 0 Å². The number of rotatable bonds is 2. The van der Waals surface area contributed by atoms with Crippen molar-refractivity contribution >= 4 is 47.9 Å². The molecule has 0 saturated carbocycles. The predicted molar refractivity (Wildman–Crippen MR) is 139 cm³/mol. The van der Waals surface area contributed by atoms with Crippen molar-refractivity contribution in [2.24, 2.45) is 0 Å². The van der Waals surface area contributed by atoms with Gasteiger partial charge in [-0.2, -0.15) is 0 Å². The highest BCUT2D eigenvalue weighted by Crippen LogP contribution is 2.40. The van der Waals surface area contributed by atoms with Crippen LogP contribution in [0.1, 0.15) is 5.56 Å². The summed E-state index contributed by atoms with van der Waals surface area (Å²) < 4.78 is 4.77. The lowest BCUT2D eigenvalue weighted by Crippen LogP contribution is -1.93. The first-order valence-electron chi connectivity index (χ1n) is 11.0. The van der Waals surface area contributed by atoms with Crippen LogP contribution in [-0.2, 0) is 0 Å². The number of aryl methyl sites for hydroxylation is 1. The maximum Gasteiger partial charge on any atom is 0.168 e. The summed E-state index contributed by atoms with van der Waals surface area (Å²) in [5, 5.41) is 14.1. The number of thiophene rings is 1. The Morgan fingerprint density at radius 2 is 1.33 bits per heavy atom. The van der Waals surface area contributed by atoms with Crippen LogP contribution in [0.25, 0.3) is 59.1 Å². The van der Waals surface area contributed by atoms with E-state index in [1.807, 2.05) is 11.3 Å². The molecule has 0 radical (unpaired) electrons. The largest absolute Gasteiger partial charge is 0.282 e. The standard InChI is InChI=1S/C29H19N3S/c1-18-17-32-28(30-31-29(32)25-9-3-2-7-21(18)25)20-15-13-19(14-16-20)22-10-6-11-24-23-8-4-5-12-26(23)33-27(22)24/h2-17H,1H3. The Hall–Kier alpha value is -4.02. The van der Waals surface area contributed by atoms with Crippen LogP contribution < -0.4 is 0 Å². The van der Waals surface area contributed by atoms with Crippen LogP contribution in [0, 0.1) is 6.92 Å². The minimum Gasteiger partial charge on any atom is -0.282 e. The molecule has 7 aromatic rings. The molecule has 0 spiro atoms. The molecule has 7 rings (SSSR count). The van der Waals surface area contributed by atoms with E-state index in [-0.39, 0.29) is 0 Å². The molecule has 0 atom stereocenters. The van der Waals surface area contributed by atoms with E-state index in [0.29, 0.717) is 0 Å². The first-order chi connectivity index (χ1) is 16.3. The van der Waals surface area contributed by atoms with Crippen molar-refractivity contribution in [2.75, 3.05) is 0 Å². The molecule has 0 bridgehead atoms. The Morgan fingerprint density at radius 1 is 0.636 bits per heavy atom. The third-order valence-corrected chi connectivity index (χ3v) is 7.69. The lowest BCUT2D eigenvalue weighted by molar-refractivity contribution is 1.11. The van der Waals surface area contributed by atoms with Gasteiger partial charge in [-0.05, 0) is 35.1 Å². The second-order valence-electron chi connectivity index (χ2n) is 8.43. The molecule has 33 heavy (non-hydrogen) atoms. The number of aromatic nitrogens is 3. The summed E-state index contributed by atoms with van der Waals surface area (Å²) in [6.45, 7) is 2.14. The molecule has 0 aliphatic heterocycles. The summed E-state index contributed by atoms with van der Waals surface area (Å²) >= 11 is 1.86. The minimum absolute atomic E-state index is 0.866. The summed E-state index contributed by atoms with van der Waals surface area (Å²) in [6, 6.07) is 32.3. The van der Waals surface area contributed by atoms with Gasteiger partial charge in [-0.3, -0.25) is 4.40 Å². The summed E-state index contributed by atoms with van der Waals surface area (Å²) in [6.07, 6.45) is 2.14. The zero-order valence-electron chi connectivity index (χ0n) is 18.0. The summed E-state index contributed by atoms with van der Waals surface area (Å²) in [5.74, 6) is 0.866. The van der Waals surface area contributed by atoms with Crippen molar-refractivity contribution in [3.63, 3.8) is 0 Å². The van der Waals surface area contributed by atoms with Gasteiger partial charge in [-0.1, -0.05) is 84.9 Å². The fourth-order valence-electron chi connectivity index (χ4n) is 4.85. The van der Waals surface area contributed by atoms with Gasteiger partial charge < -0.3 is 0 Å². The maximum atomic E-state index is 4.55. The van der Waals surface area contributed by atoms with Gasteiger partial charge in [-0.25, -0.2) is 0 Å². The number of pyridine rings is 1. The van der Waals surface area contributed by atoms with E-state index in [4.69, 9.17) is 0 Å². The van der Waals surface area contributed by atoms with Crippen molar-refractivity contribution in [1.29, 1.82) is 0 Å². The van der Waals surface area contributed by atoms with Crippen molar-refractivity contribution in [3.05, 3.63) is 103 Å². The van der Waals surface area contributed by atoms with Crippen molar-refractivity contribution < 1.29 is 0 Å². The number of benzene rings is 4. The van der Waals surface area contributed by atoms with E-state index < -0.39 is 0 Å². The van der Waals surface area contributed by atoms with Gasteiger partial charge in [0.1, 0.15) is 0 Å². The van der Waals surface area contributed by atoms with Gasteiger partial charge in [0.05, 0.1) is 0 Å². The average Bonchev–Trinajstić information content (AvgIpc) is 3.46. The van der Waals surface area contributed by atoms with Gasteiger partial charge in [0.15, 0.2) is 11.5 Å². The van der Waals surface area contributed by atoms with E-state index in [2.05, 4.69) is 119 Å². The SMILES string of the molecule is Cc1cn2c(-c3ccc(-c4cccc5c4sc4ccccc45)cc3)nnc2c2ccccc12. The lowest BCUT2D eigenvalue weighted by atomic mass is 10.0. The van der Waals surface area contributed by atoms with E-state index in [1.165, 1.54) is 42.2 Å². The number of fused-ring (bicyclic) bond motifs is 6. The summed E-state index contributed by atoms with van der Waals surface area (Å²) in [4.78, 5) is 0. The fraction of sp³-hybridized carbons (Fsp3) is 0.0345. The van der Waals surface area contributed by atoms with Gasteiger partial charge >= 0.3 is 0 Å². The highest BCUT2D eigenvalue weighted by molar-refractivity contribution is 7.26. The quantitative estimate of drug-likeness (QED) is 0.273. The lowest BCUT2D eigenvalue weighted by Gasteiger charge is -2.07. The smallest absolute Gasteiger partial charge is 0.168 e. The Balaban J connectivity index is 1.37. The molecular formula is C29H19N3S. The molecule has 0 aliphatic rings. The minimum atomic E-state index is 0.866. The fourth-order valence-corrected chi connectivity index (χ4v) is 6.09. The first kappa shape index (κ1) is 18.5. The molecule has 0 saturated heterocycles. The normalized spacial score (nSPS) is 11.8. The highest BCUT2D eigenvalue weighted by Gasteiger charge is 2.14. The van der Waals surface area contributed by atoms with E-state index in [1.54, 1.807) is 0 Å². The molecule has 4 heteroatoms. The van der Waals surface area contributed by atoms with E-state index in [9.17, 15) is 0 Å². The molecule has 0 unspecified atom stereocenters. The maximum absolute atomic E-state index is 4.55. The number of hydrogen-bond donors (Lipinski definition) is 0. The van der Waals surface area contributed by atoms with Crippen LogP contribution in [0.15, 0.2) is 97.2 Å². The zero-order chi connectivity index (χ0) is 21.9. The van der Waals surface area contributed by atoms with Crippen molar-refractivity contribution in [2.45, 2.75) is 6.92 Å². The van der Waals surface area contributed by atoms with Gasteiger partial charge in [-0.15, -0.1) is 21.5 Å². The molecule has 3 heterocycles. The molecule has 0 aliphatic carbocycles. The molecule has 156 valence electrons. The zero-order valence-corrected chi connectivity index (χ0v) is 18.8. The predicted octanol–water partition coefficient (Wildman–Crippen LogP) is 7.89. The van der Waals surface area contributed by atoms with Crippen LogP contribution in [-0.4, -0.2) is 14.6 Å². The second-order valence-corrected chi connectivity index (χ2v) is 9.48. The molecule has 0 amide bonds. The Labute approximate surface area is 194 Å². The Morgan fingerprint density at radius 3 is 2.18 bits per heavy atom. The van der Waals surface area contributed by atoms with Gasteiger partial charge in [0.2, 0.25) is 0 Å². The summed E-state index contributed by atoms with van der Waals surface area (Å²) in [5.41, 5.74) is 5.65. The third-order valence-electron chi connectivity index (χ3n) is 6.47. The summed E-state index contributed by atoms with van der Waals surface area (Å²) in [7, 11) is 0. The van der Waals surface area contributed by atoms with E-state index in [0.717, 1.165) is 22.4 Å². The van der Waals surface area contributed by atoms with Crippen molar-refractivity contribution in [1.82, 2.24) is 14.6 Å².